The van der Waals surface area contributed by atoms with E-state index in [-0.39, 0.29) is 11.1 Å². The highest BCUT2D eigenvalue weighted by Gasteiger charge is 2.26. The highest BCUT2D eigenvalue weighted by atomic mass is 16.6. The van der Waals surface area contributed by atoms with Crippen molar-refractivity contribution in [3.05, 3.63) is 23.3 Å². The van der Waals surface area contributed by atoms with Crippen LogP contribution >= 0.6 is 0 Å². The molecule has 0 spiro atoms. The van der Waals surface area contributed by atoms with Crippen LogP contribution in [0.2, 0.25) is 0 Å². The lowest BCUT2D eigenvalue weighted by atomic mass is 10.1. The van der Waals surface area contributed by atoms with Gasteiger partial charge in [-0.25, -0.2) is 19.2 Å². The van der Waals surface area contributed by atoms with Crippen molar-refractivity contribution in [3.63, 3.8) is 0 Å². The van der Waals surface area contributed by atoms with Crippen molar-refractivity contribution in [2.45, 2.75) is 0 Å². The van der Waals surface area contributed by atoms with Crippen molar-refractivity contribution in [2.75, 3.05) is 27.4 Å². The van der Waals surface area contributed by atoms with Gasteiger partial charge in [0.2, 0.25) is 0 Å². The Labute approximate surface area is 135 Å². The van der Waals surface area contributed by atoms with Crippen LogP contribution in [0.25, 0.3) is 0 Å². The maximum Gasteiger partial charge on any atom is 0.341 e. The molecule has 10 heteroatoms. The molecule has 130 valence electrons. The number of esters is 2. The molecule has 0 saturated carbocycles. The minimum atomic E-state index is -1.36. The van der Waals surface area contributed by atoms with Crippen molar-refractivity contribution in [2.24, 2.45) is 0 Å². The van der Waals surface area contributed by atoms with Gasteiger partial charge in [0.1, 0.15) is 11.1 Å². The normalized spacial score (nSPS) is 9.75. The van der Waals surface area contributed by atoms with E-state index in [0.29, 0.717) is 0 Å². The van der Waals surface area contributed by atoms with Crippen molar-refractivity contribution >= 4 is 23.9 Å². The van der Waals surface area contributed by atoms with Crippen molar-refractivity contribution < 1.29 is 48.3 Å². The van der Waals surface area contributed by atoms with E-state index in [2.05, 4.69) is 9.47 Å². The molecule has 2 N–H and O–H groups in total. The molecule has 0 fully saturated rings. The summed E-state index contributed by atoms with van der Waals surface area (Å²) < 4.78 is 19.1. The van der Waals surface area contributed by atoms with Gasteiger partial charge in [0, 0.05) is 0 Å². The molecule has 0 aliphatic heterocycles. The zero-order valence-electron chi connectivity index (χ0n) is 12.7. The van der Waals surface area contributed by atoms with Crippen LogP contribution in [-0.2, 0) is 19.1 Å². The predicted molar refractivity (Wildman–Crippen MR) is 75.4 cm³/mol. The number of ether oxygens (including phenoxy) is 4. The monoisotopic (exact) mass is 342 g/mol. The van der Waals surface area contributed by atoms with Crippen LogP contribution in [0, 0.1) is 0 Å². The average molecular weight is 342 g/mol. The molecule has 0 amide bonds. The van der Waals surface area contributed by atoms with Crippen molar-refractivity contribution in [1.29, 1.82) is 0 Å². The van der Waals surface area contributed by atoms with Crippen LogP contribution < -0.4 is 9.47 Å². The molecule has 1 aromatic rings. The Bertz CT molecular complexity index is 607. The standard InChI is InChI=1S/C14H14O10/c1-21-13(19)7-3-4-8(14(20)22-2)12(24-6-10(17)18)11(7)23-5-9(15)16/h3-4H,5-6H2,1-2H3,(H,15,16)(H,17,18). The summed E-state index contributed by atoms with van der Waals surface area (Å²) in [6, 6.07) is 2.28. The molecule has 0 aromatic heterocycles. The number of aliphatic carboxylic acids is 2. The van der Waals surface area contributed by atoms with Gasteiger partial charge in [-0.15, -0.1) is 0 Å². The molecule has 0 atom stereocenters. The van der Waals surface area contributed by atoms with Gasteiger partial charge in [-0.2, -0.15) is 0 Å². The lowest BCUT2D eigenvalue weighted by Crippen LogP contribution is -2.18. The molecule has 0 aliphatic carbocycles. The Balaban J connectivity index is 3.50. The average Bonchev–Trinajstić information content (AvgIpc) is 2.55. The van der Waals surface area contributed by atoms with Gasteiger partial charge < -0.3 is 29.2 Å². The highest BCUT2D eigenvalue weighted by molar-refractivity contribution is 5.99. The summed E-state index contributed by atoms with van der Waals surface area (Å²) in [5, 5.41) is 17.5. The number of hydrogen-bond acceptors (Lipinski definition) is 8. The zero-order valence-corrected chi connectivity index (χ0v) is 12.7. The van der Waals surface area contributed by atoms with Gasteiger partial charge in [0.25, 0.3) is 0 Å². The largest absolute Gasteiger partial charge is 0.479 e. The van der Waals surface area contributed by atoms with Gasteiger partial charge in [0.05, 0.1) is 14.2 Å². The first-order valence-electron chi connectivity index (χ1n) is 6.34. The maximum atomic E-state index is 11.8. The molecule has 1 aromatic carbocycles. The van der Waals surface area contributed by atoms with E-state index in [4.69, 9.17) is 19.7 Å². The molecule has 0 unspecified atom stereocenters. The third-order valence-corrected chi connectivity index (χ3v) is 2.60. The number of methoxy groups -OCH3 is 2. The van der Waals surface area contributed by atoms with E-state index in [1.807, 2.05) is 0 Å². The van der Waals surface area contributed by atoms with Gasteiger partial charge in [-0.3, -0.25) is 0 Å². The van der Waals surface area contributed by atoms with Crippen LogP contribution in [0.5, 0.6) is 11.5 Å². The van der Waals surface area contributed by atoms with Gasteiger partial charge in [-0.05, 0) is 12.1 Å². The molecule has 0 heterocycles. The minimum absolute atomic E-state index is 0.244. The number of benzene rings is 1. The van der Waals surface area contributed by atoms with Gasteiger partial charge in [0.15, 0.2) is 24.7 Å². The molecule has 0 radical (unpaired) electrons. The van der Waals surface area contributed by atoms with Crippen LogP contribution in [0.15, 0.2) is 12.1 Å². The van der Waals surface area contributed by atoms with Crippen molar-refractivity contribution in [3.8, 4) is 11.5 Å². The van der Waals surface area contributed by atoms with E-state index < -0.39 is 48.6 Å². The van der Waals surface area contributed by atoms with E-state index in [1.165, 1.54) is 0 Å². The predicted octanol–water partition coefficient (Wildman–Crippen LogP) is 0.187. The van der Waals surface area contributed by atoms with Gasteiger partial charge in [-0.1, -0.05) is 0 Å². The highest BCUT2D eigenvalue weighted by Crippen LogP contribution is 2.36. The maximum absolute atomic E-state index is 11.8. The van der Waals surface area contributed by atoms with Crippen LogP contribution in [0.1, 0.15) is 20.7 Å². The van der Waals surface area contributed by atoms with Crippen LogP contribution in [-0.4, -0.2) is 61.5 Å². The number of rotatable bonds is 8. The molecule has 1 rings (SSSR count). The first-order valence-corrected chi connectivity index (χ1v) is 6.34. The summed E-state index contributed by atoms with van der Waals surface area (Å²) in [5.41, 5.74) is -0.487. The van der Waals surface area contributed by atoms with E-state index in [9.17, 15) is 19.2 Å². The third kappa shape index (κ3) is 4.60. The second kappa shape index (κ2) is 8.36. The molecular weight excluding hydrogens is 328 g/mol. The Kier molecular flexibility index (Phi) is 6.53. The summed E-state index contributed by atoms with van der Waals surface area (Å²) >= 11 is 0. The van der Waals surface area contributed by atoms with Crippen molar-refractivity contribution in [1.82, 2.24) is 0 Å². The number of carbonyl (C=O) groups is 4. The molecular formula is C14H14O10. The second-order valence-electron chi connectivity index (χ2n) is 4.17. The second-order valence-corrected chi connectivity index (χ2v) is 4.17. The lowest BCUT2D eigenvalue weighted by molar-refractivity contribution is -0.140. The Morgan fingerprint density at radius 1 is 0.792 bits per heavy atom. The molecule has 0 aliphatic rings. The summed E-state index contributed by atoms with van der Waals surface area (Å²) in [4.78, 5) is 45.0. The zero-order chi connectivity index (χ0) is 18.3. The number of carboxylic acid groups (broad SMARTS) is 2. The Morgan fingerprint density at radius 3 is 1.38 bits per heavy atom. The minimum Gasteiger partial charge on any atom is -0.479 e. The topological polar surface area (TPSA) is 146 Å². The van der Waals surface area contributed by atoms with Gasteiger partial charge >= 0.3 is 23.9 Å². The smallest absolute Gasteiger partial charge is 0.341 e. The number of hydrogen-bond donors (Lipinski definition) is 2. The summed E-state index contributed by atoms with van der Waals surface area (Å²) in [5.74, 6) is -5.39. The fraction of sp³-hybridized carbons (Fsp3) is 0.286. The number of carboxylic acids is 2. The summed E-state index contributed by atoms with van der Waals surface area (Å²) in [6.07, 6.45) is 0. The third-order valence-electron chi connectivity index (χ3n) is 2.60. The van der Waals surface area contributed by atoms with E-state index in [1.54, 1.807) is 0 Å². The fourth-order valence-electron chi connectivity index (χ4n) is 1.66. The molecule has 0 saturated heterocycles. The first-order chi connectivity index (χ1) is 11.3. The summed E-state index contributed by atoms with van der Waals surface area (Å²) in [6.45, 7) is -1.73. The van der Waals surface area contributed by atoms with Crippen LogP contribution in [0.4, 0.5) is 0 Å². The van der Waals surface area contributed by atoms with E-state index in [0.717, 1.165) is 26.4 Å². The first kappa shape index (κ1) is 18.7. The molecule has 0 bridgehead atoms. The van der Waals surface area contributed by atoms with E-state index >= 15 is 0 Å². The number of carbonyl (C=O) groups excluding carboxylic acids is 2. The quantitative estimate of drug-likeness (QED) is 0.627. The Hall–Kier alpha value is -3.30. The SMILES string of the molecule is COC(=O)c1ccc(C(=O)OC)c(OCC(=O)O)c1OCC(=O)O. The van der Waals surface area contributed by atoms with Crippen LogP contribution in [0.3, 0.4) is 0 Å². The molecule has 24 heavy (non-hydrogen) atoms. The summed E-state index contributed by atoms with van der Waals surface area (Å²) in [7, 11) is 2.16. The lowest BCUT2D eigenvalue weighted by Gasteiger charge is -2.16. The molecule has 10 nitrogen and oxygen atoms in total. The Morgan fingerprint density at radius 2 is 1.12 bits per heavy atom. The fourth-order valence-corrected chi connectivity index (χ4v) is 1.66.